The van der Waals surface area contributed by atoms with Crippen LogP contribution < -0.4 is 47.1 Å². The van der Waals surface area contributed by atoms with E-state index in [4.69, 9.17) is 34.8 Å². The number of hydrogen-bond acceptors (Lipinski definition) is 20. The molecular weight excluding hydrogens is 1020 g/mol. The summed E-state index contributed by atoms with van der Waals surface area (Å²) < 4.78 is 31.1. The van der Waals surface area contributed by atoms with Gasteiger partial charge in [0, 0.05) is 65.6 Å². The summed E-state index contributed by atoms with van der Waals surface area (Å²) in [6.45, 7) is 2.19. The van der Waals surface area contributed by atoms with Crippen LogP contribution in [0.3, 0.4) is 0 Å². The summed E-state index contributed by atoms with van der Waals surface area (Å²) in [6, 6.07) is 15.0. The number of nitrogens with one attached hydrogen (secondary N) is 4. The Balaban J connectivity index is 1.00. The number of nitrogens with two attached hydrogens (primary N) is 2. The van der Waals surface area contributed by atoms with Crippen LogP contribution in [0, 0.1) is 22.7 Å². The van der Waals surface area contributed by atoms with Gasteiger partial charge in [0.05, 0.1) is 12.4 Å². The Kier molecular flexibility index (Phi) is 12.7. The summed E-state index contributed by atoms with van der Waals surface area (Å²) in [7, 11) is 0. The standard InChI is InChI=1S/C57H62N6O16/c1-2-26-15-29(17-32(65)16-26)51(71)78-48-39(20-38-45(47(48)68)36(66)19-37(76-38)27-4-9-33(10-5-27)75-40(24-64)46(67)35-11-12-43(58)63-35)77-53-55(73)21-41-54(42-23-60-25-62-42,57(74,52(55)72)49(79-53)50(69)70)14-13-31-8-7-30-6-3-28-22-61-44(59)18-34(28)56(30,31)41/h3-6,9-12,15-21,30-31,40,42,46,49,51-53,60-65,67-68,71-74H,2,7-8,13-14,22-25,58-59H2,1H3,(H,69,70). The van der Waals surface area contributed by atoms with E-state index in [1.165, 1.54) is 42.5 Å². The van der Waals surface area contributed by atoms with E-state index >= 15 is 0 Å². The lowest BCUT2D eigenvalue weighted by molar-refractivity contribution is -0.362. The molecule has 3 aromatic carbocycles. The minimum absolute atomic E-state index is 0.0216. The van der Waals surface area contributed by atoms with E-state index in [9.17, 15) is 55.5 Å². The van der Waals surface area contributed by atoms with Crippen LogP contribution in [0.1, 0.15) is 61.8 Å². The molecular formula is C57H62N6O16. The summed E-state index contributed by atoms with van der Waals surface area (Å²) in [5.74, 6) is -3.54. The lowest BCUT2D eigenvalue weighted by atomic mass is 9.39. The molecule has 12 rings (SSSR count). The predicted molar refractivity (Wildman–Crippen MR) is 282 cm³/mol. The van der Waals surface area contributed by atoms with Gasteiger partial charge in [-0.05, 0) is 133 Å². The molecule has 5 aromatic rings. The van der Waals surface area contributed by atoms with E-state index in [1.54, 1.807) is 18.2 Å². The average molecular weight is 1090 g/mol. The molecule has 416 valence electrons. The maximum Gasteiger partial charge on any atom is 0.336 e. The maximum absolute atomic E-state index is 14.2. The Hall–Kier alpha value is -7.38. The van der Waals surface area contributed by atoms with E-state index < -0.39 is 106 Å². The van der Waals surface area contributed by atoms with Gasteiger partial charge in [-0.1, -0.05) is 19.1 Å². The molecule has 4 aliphatic carbocycles. The second kappa shape index (κ2) is 19.2. The third-order valence-electron chi connectivity index (χ3n) is 17.7. The SMILES string of the molecule is CCc1cc(O)cc(C(O)Oc2c(OC3OC(C(=O)O)C4(O)C(O)C3(O)C=C3C56C7=C(C=CC5CCC6CCC34C3CNCN3)CNC(N)=C7)cc3oc(-c4ccc(OC(CO)C(O)c5ccc(N)[nH]5)cc4)cc(=O)c3c2O)c1. The van der Waals surface area contributed by atoms with Gasteiger partial charge in [-0.2, -0.15) is 0 Å². The number of fused-ring (bicyclic) bond motifs is 5. The van der Waals surface area contributed by atoms with Crippen LogP contribution in [-0.2, 0) is 16.0 Å². The number of phenols is 2. The van der Waals surface area contributed by atoms with Crippen molar-refractivity contribution in [1.29, 1.82) is 0 Å². The average Bonchev–Trinajstić information content (AvgIpc) is 4.36. The number of aliphatic hydroxyl groups is 6. The first-order chi connectivity index (χ1) is 37.8. The summed E-state index contributed by atoms with van der Waals surface area (Å²) in [5.41, 5.74) is 6.57. The van der Waals surface area contributed by atoms with Crippen LogP contribution in [0.2, 0.25) is 0 Å². The molecule has 5 heterocycles. The lowest BCUT2D eigenvalue weighted by Gasteiger charge is -2.69. The highest BCUT2D eigenvalue weighted by Gasteiger charge is 2.81. The fraction of sp³-hybridized carbons (Fsp3) is 0.404. The van der Waals surface area contributed by atoms with Gasteiger partial charge < -0.3 is 96.4 Å². The number of hydrogen-bond donors (Lipinski definition) is 15. The molecule has 1 spiro atoms. The number of aromatic hydroxyl groups is 2. The molecule has 22 nitrogen and oxygen atoms in total. The van der Waals surface area contributed by atoms with Gasteiger partial charge in [0.1, 0.15) is 51.9 Å². The zero-order chi connectivity index (χ0) is 55.5. The van der Waals surface area contributed by atoms with Crippen LogP contribution in [0.4, 0.5) is 5.82 Å². The van der Waals surface area contributed by atoms with E-state index in [-0.39, 0.29) is 53.2 Å². The number of anilines is 1. The topological polar surface area (TPSA) is 370 Å². The number of rotatable bonds is 14. The van der Waals surface area contributed by atoms with Crippen LogP contribution in [0.15, 0.2) is 123 Å². The van der Waals surface area contributed by atoms with Crippen LogP contribution in [0.25, 0.3) is 22.3 Å². The molecule has 0 amide bonds. The summed E-state index contributed by atoms with van der Waals surface area (Å²) in [5, 5.41) is 116. The Morgan fingerprint density at radius 3 is 2.49 bits per heavy atom. The summed E-state index contributed by atoms with van der Waals surface area (Å²) in [6.07, 6.45) is -1.12. The molecule has 2 saturated carbocycles. The number of aliphatic carboxylic acids is 1. The Morgan fingerprint density at radius 2 is 1.78 bits per heavy atom. The number of carboxylic acid groups (broad SMARTS) is 1. The van der Waals surface area contributed by atoms with Crippen molar-refractivity contribution in [2.45, 2.75) is 93.3 Å². The third kappa shape index (κ3) is 7.86. The fourth-order valence-corrected chi connectivity index (χ4v) is 14.2. The van der Waals surface area contributed by atoms with Gasteiger partial charge in [-0.15, -0.1) is 0 Å². The minimum atomic E-state index is -2.80. The van der Waals surface area contributed by atoms with Crippen molar-refractivity contribution in [3.8, 4) is 40.1 Å². The number of phenolic OH excluding ortho intramolecular Hbond substituents is 2. The van der Waals surface area contributed by atoms with Crippen molar-refractivity contribution in [2.24, 2.45) is 28.4 Å². The van der Waals surface area contributed by atoms with Gasteiger partial charge in [0.15, 0.2) is 34.7 Å². The quantitative estimate of drug-likeness (QED) is 0.0561. The first-order valence-corrected chi connectivity index (χ1v) is 26.4. The first-order valence-electron chi connectivity index (χ1n) is 26.4. The number of dihydropyridines is 1. The highest BCUT2D eigenvalue weighted by atomic mass is 16.7. The predicted octanol–water partition coefficient (Wildman–Crippen LogP) is 2.42. The normalized spacial score (nSPS) is 31.6. The molecule has 0 radical (unpaired) electrons. The number of aromatic amines is 1. The zero-order valence-corrected chi connectivity index (χ0v) is 42.8. The van der Waals surface area contributed by atoms with Gasteiger partial charge >= 0.3 is 5.97 Å². The van der Waals surface area contributed by atoms with E-state index in [1.807, 2.05) is 19.1 Å². The fourth-order valence-electron chi connectivity index (χ4n) is 14.2. The highest BCUT2D eigenvalue weighted by Crippen LogP contribution is 2.74. The van der Waals surface area contributed by atoms with E-state index in [2.05, 4.69) is 27.0 Å². The number of nitrogen functional groups attached to an aromatic ring is 1. The number of carboxylic acids is 1. The van der Waals surface area contributed by atoms with Crippen LogP contribution >= 0.6 is 0 Å². The summed E-state index contributed by atoms with van der Waals surface area (Å²) >= 11 is 0. The van der Waals surface area contributed by atoms with Gasteiger partial charge in [-0.3, -0.25) is 10.1 Å². The van der Waals surface area contributed by atoms with Gasteiger partial charge in [-0.25, -0.2) is 4.79 Å². The second-order valence-electron chi connectivity index (χ2n) is 21.7. The number of carbonyl (C=O) groups is 1. The lowest BCUT2D eigenvalue weighted by Crippen LogP contribution is -2.84. The molecule has 22 heteroatoms. The number of allylic oxidation sites excluding steroid dienone is 3. The molecule has 4 fully saturated rings. The van der Waals surface area contributed by atoms with Crippen LogP contribution in [0.5, 0.6) is 28.7 Å². The van der Waals surface area contributed by atoms with Gasteiger partial charge in [0.25, 0.3) is 0 Å². The highest BCUT2D eigenvalue weighted by molar-refractivity contribution is 5.90. The smallest absolute Gasteiger partial charge is 0.336 e. The largest absolute Gasteiger partial charge is 0.508 e. The maximum atomic E-state index is 14.2. The summed E-state index contributed by atoms with van der Waals surface area (Å²) in [4.78, 5) is 31.0. The molecule has 17 N–H and O–H groups in total. The Labute approximate surface area is 450 Å². The monoisotopic (exact) mass is 1090 g/mol. The van der Waals surface area contributed by atoms with Crippen molar-refractivity contribution >= 4 is 22.8 Å². The molecule has 2 saturated heterocycles. The molecule has 79 heavy (non-hydrogen) atoms. The number of aromatic nitrogens is 1. The van der Waals surface area contributed by atoms with Crippen molar-refractivity contribution in [2.75, 3.05) is 32.1 Å². The number of benzene rings is 3. The Morgan fingerprint density at radius 1 is 0.987 bits per heavy atom. The number of ether oxygens (including phenoxy) is 4. The van der Waals surface area contributed by atoms with E-state index in [0.717, 1.165) is 29.7 Å². The Bertz CT molecular complexity index is 3460. The van der Waals surface area contributed by atoms with E-state index in [0.29, 0.717) is 66.5 Å². The molecule has 7 aliphatic rings. The van der Waals surface area contributed by atoms with Crippen molar-refractivity contribution < 1.29 is 74.1 Å². The number of H-pyrrole nitrogens is 1. The molecule has 13 atom stereocenters. The molecule has 2 bridgehead atoms. The molecule has 3 aliphatic heterocycles. The molecule has 2 aromatic heterocycles. The van der Waals surface area contributed by atoms with Crippen molar-refractivity contribution in [3.63, 3.8) is 0 Å². The third-order valence-corrected chi connectivity index (χ3v) is 17.7. The van der Waals surface area contributed by atoms with Crippen molar-refractivity contribution in [3.05, 3.63) is 141 Å². The van der Waals surface area contributed by atoms with Crippen LogP contribution in [-0.4, -0.2) is 125 Å². The second-order valence-corrected chi connectivity index (χ2v) is 21.7. The van der Waals surface area contributed by atoms with Crippen molar-refractivity contribution in [1.82, 2.24) is 20.9 Å². The minimum Gasteiger partial charge on any atom is -0.508 e. The molecule has 13 unspecified atom stereocenters. The van der Waals surface area contributed by atoms with Gasteiger partial charge in [0.2, 0.25) is 18.3 Å². The number of aliphatic hydroxyl groups excluding tert-OH is 4. The number of aryl methyl sites for hydroxylation is 1. The zero-order valence-electron chi connectivity index (χ0n) is 42.8. The first kappa shape index (κ1) is 52.3.